The Balaban J connectivity index is 1.48. The van der Waals surface area contributed by atoms with Gasteiger partial charge in [0.15, 0.2) is 11.3 Å². The standard InChI is InChI=1S/C26H17BrF3N5O/c1-15-7-8-16(13-21(15)33-25(36)17-4-2-5-18(27)12-17)22-14-35-23(32-22)10-9-20(34-35)19-6-3-11-31-24(19)26(28,29)30/h2-14H,1H3,(H,33,36). The van der Waals surface area contributed by atoms with E-state index in [2.05, 4.69) is 36.3 Å². The number of benzene rings is 2. The number of halogens is 4. The summed E-state index contributed by atoms with van der Waals surface area (Å²) < 4.78 is 42.5. The van der Waals surface area contributed by atoms with E-state index in [0.29, 0.717) is 22.6 Å². The Bertz CT molecular complexity index is 1610. The van der Waals surface area contributed by atoms with Gasteiger partial charge in [-0.2, -0.15) is 18.3 Å². The van der Waals surface area contributed by atoms with Crippen LogP contribution >= 0.6 is 15.9 Å². The first kappa shape index (κ1) is 23.7. The lowest BCUT2D eigenvalue weighted by Gasteiger charge is -2.10. The van der Waals surface area contributed by atoms with E-state index in [1.165, 1.54) is 22.7 Å². The van der Waals surface area contributed by atoms with Crippen LogP contribution in [0.15, 0.2) is 83.6 Å². The number of rotatable bonds is 4. The lowest BCUT2D eigenvalue weighted by molar-refractivity contribution is -0.140. The zero-order chi connectivity index (χ0) is 25.4. The number of nitrogens with one attached hydrogen (secondary N) is 1. The fourth-order valence-corrected chi connectivity index (χ4v) is 4.14. The molecule has 0 saturated carbocycles. The summed E-state index contributed by atoms with van der Waals surface area (Å²) >= 11 is 3.37. The van der Waals surface area contributed by atoms with Gasteiger partial charge in [0.2, 0.25) is 0 Å². The Morgan fingerprint density at radius 2 is 1.83 bits per heavy atom. The highest BCUT2D eigenvalue weighted by Gasteiger charge is 2.35. The van der Waals surface area contributed by atoms with Crippen LogP contribution < -0.4 is 5.32 Å². The Morgan fingerprint density at radius 1 is 1.00 bits per heavy atom. The number of carbonyl (C=O) groups is 1. The van der Waals surface area contributed by atoms with Gasteiger partial charge in [0.1, 0.15) is 0 Å². The lowest BCUT2D eigenvalue weighted by atomic mass is 10.1. The third-order valence-corrected chi connectivity index (χ3v) is 6.03. The normalized spacial score (nSPS) is 11.6. The summed E-state index contributed by atoms with van der Waals surface area (Å²) in [5, 5.41) is 7.27. The third kappa shape index (κ3) is 4.72. The number of hydrogen-bond donors (Lipinski definition) is 1. The van der Waals surface area contributed by atoms with Gasteiger partial charge in [0.05, 0.1) is 17.6 Å². The van der Waals surface area contributed by atoms with E-state index in [0.717, 1.165) is 21.8 Å². The minimum absolute atomic E-state index is 0.116. The molecule has 0 aliphatic carbocycles. The van der Waals surface area contributed by atoms with Gasteiger partial charge in [-0.25, -0.2) is 9.50 Å². The summed E-state index contributed by atoms with van der Waals surface area (Å²) in [6.45, 7) is 1.88. The van der Waals surface area contributed by atoms with Crippen molar-refractivity contribution in [3.8, 4) is 22.5 Å². The van der Waals surface area contributed by atoms with Crippen molar-refractivity contribution in [2.75, 3.05) is 5.32 Å². The number of aryl methyl sites for hydroxylation is 1. The molecule has 0 bridgehead atoms. The molecule has 5 rings (SSSR count). The van der Waals surface area contributed by atoms with E-state index >= 15 is 0 Å². The minimum Gasteiger partial charge on any atom is -0.322 e. The Hall–Kier alpha value is -4.05. The number of amides is 1. The first-order valence-electron chi connectivity index (χ1n) is 10.8. The molecule has 10 heteroatoms. The average Bonchev–Trinajstić information content (AvgIpc) is 3.28. The van der Waals surface area contributed by atoms with Crippen molar-refractivity contribution >= 4 is 33.2 Å². The molecule has 1 N–H and O–H groups in total. The molecule has 36 heavy (non-hydrogen) atoms. The minimum atomic E-state index is -4.61. The first-order chi connectivity index (χ1) is 17.2. The van der Waals surface area contributed by atoms with Gasteiger partial charge in [-0.15, -0.1) is 0 Å². The smallest absolute Gasteiger partial charge is 0.322 e. The van der Waals surface area contributed by atoms with Crippen LogP contribution in [-0.2, 0) is 6.18 Å². The summed E-state index contributed by atoms with van der Waals surface area (Å²) in [6, 6.07) is 18.4. The number of hydrogen-bond acceptors (Lipinski definition) is 4. The molecule has 0 fully saturated rings. The third-order valence-electron chi connectivity index (χ3n) is 5.54. The maximum Gasteiger partial charge on any atom is 0.434 e. The second-order valence-electron chi connectivity index (χ2n) is 8.04. The van der Waals surface area contributed by atoms with Crippen LogP contribution in [0.1, 0.15) is 21.6 Å². The monoisotopic (exact) mass is 551 g/mol. The highest BCUT2D eigenvalue weighted by Crippen LogP contribution is 2.35. The topological polar surface area (TPSA) is 72.2 Å². The van der Waals surface area contributed by atoms with Crippen molar-refractivity contribution in [2.24, 2.45) is 0 Å². The van der Waals surface area contributed by atoms with Crippen molar-refractivity contribution < 1.29 is 18.0 Å². The predicted octanol–water partition coefficient (Wildman–Crippen LogP) is 6.80. The molecule has 0 saturated heterocycles. The van der Waals surface area contributed by atoms with Gasteiger partial charge < -0.3 is 5.32 Å². The fraction of sp³-hybridized carbons (Fsp3) is 0.0769. The van der Waals surface area contributed by atoms with Crippen LogP contribution in [0.25, 0.3) is 28.2 Å². The van der Waals surface area contributed by atoms with Crippen molar-refractivity contribution in [3.05, 3.63) is 100 Å². The van der Waals surface area contributed by atoms with Crippen LogP contribution in [0, 0.1) is 6.92 Å². The van der Waals surface area contributed by atoms with Crippen molar-refractivity contribution in [1.82, 2.24) is 19.6 Å². The van der Waals surface area contributed by atoms with E-state index in [-0.39, 0.29) is 17.2 Å². The quantitative estimate of drug-likeness (QED) is 0.266. The number of pyridine rings is 1. The molecule has 0 spiro atoms. The molecular formula is C26H17BrF3N5O. The number of aromatic nitrogens is 4. The van der Waals surface area contributed by atoms with E-state index < -0.39 is 11.9 Å². The highest BCUT2D eigenvalue weighted by atomic mass is 79.9. The maximum atomic E-state index is 13.4. The summed E-state index contributed by atoms with van der Waals surface area (Å²) in [6.07, 6.45) is -1.87. The zero-order valence-corrected chi connectivity index (χ0v) is 20.3. The number of nitrogens with zero attached hydrogens (tertiary/aromatic N) is 4. The van der Waals surface area contributed by atoms with Gasteiger partial charge in [-0.05, 0) is 61.0 Å². The molecule has 0 aliphatic heterocycles. The zero-order valence-electron chi connectivity index (χ0n) is 18.7. The predicted molar refractivity (Wildman–Crippen MR) is 133 cm³/mol. The molecule has 6 nitrogen and oxygen atoms in total. The summed E-state index contributed by atoms with van der Waals surface area (Å²) in [5.74, 6) is -0.255. The van der Waals surface area contributed by atoms with Crippen LogP contribution in [0.5, 0.6) is 0 Å². The second-order valence-corrected chi connectivity index (χ2v) is 8.95. The van der Waals surface area contributed by atoms with Gasteiger partial charge in [0.25, 0.3) is 5.91 Å². The fourth-order valence-electron chi connectivity index (χ4n) is 3.74. The van der Waals surface area contributed by atoms with Crippen molar-refractivity contribution in [2.45, 2.75) is 13.1 Å². The van der Waals surface area contributed by atoms with E-state index in [1.54, 1.807) is 36.5 Å². The molecule has 0 atom stereocenters. The molecule has 0 radical (unpaired) electrons. The second kappa shape index (κ2) is 9.19. The maximum absolute atomic E-state index is 13.4. The molecule has 3 aromatic heterocycles. The van der Waals surface area contributed by atoms with Crippen LogP contribution in [0.3, 0.4) is 0 Å². The Morgan fingerprint density at radius 3 is 2.61 bits per heavy atom. The van der Waals surface area contributed by atoms with Gasteiger partial charge in [-0.1, -0.05) is 34.1 Å². The van der Waals surface area contributed by atoms with Crippen molar-refractivity contribution in [3.63, 3.8) is 0 Å². The largest absolute Gasteiger partial charge is 0.434 e. The average molecular weight is 552 g/mol. The molecule has 2 aromatic carbocycles. The van der Waals surface area contributed by atoms with Crippen LogP contribution in [0.4, 0.5) is 18.9 Å². The van der Waals surface area contributed by atoms with Crippen molar-refractivity contribution in [1.29, 1.82) is 0 Å². The van der Waals surface area contributed by atoms with Gasteiger partial charge in [-0.3, -0.25) is 9.78 Å². The molecule has 0 aliphatic rings. The Labute approximate surface area is 212 Å². The Kier molecular flexibility index (Phi) is 6.05. The summed E-state index contributed by atoms with van der Waals surface area (Å²) in [5.41, 5.74) is 2.73. The highest BCUT2D eigenvalue weighted by molar-refractivity contribution is 9.10. The number of anilines is 1. The molecule has 1 amide bonds. The number of imidazole rings is 1. The number of carbonyl (C=O) groups excluding carboxylic acids is 1. The molecule has 180 valence electrons. The number of alkyl halides is 3. The summed E-state index contributed by atoms with van der Waals surface area (Å²) in [7, 11) is 0. The summed E-state index contributed by atoms with van der Waals surface area (Å²) in [4.78, 5) is 20.8. The van der Waals surface area contributed by atoms with Gasteiger partial charge >= 0.3 is 6.18 Å². The van der Waals surface area contributed by atoms with E-state index in [9.17, 15) is 18.0 Å². The molecule has 0 unspecified atom stereocenters. The first-order valence-corrected chi connectivity index (χ1v) is 11.6. The van der Waals surface area contributed by atoms with E-state index in [1.807, 2.05) is 25.1 Å². The van der Waals surface area contributed by atoms with Gasteiger partial charge in [0, 0.05) is 33.0 Å². The van der Waals surface area contributed by atoms with Crippen LogP contribution in [0.2, 0.25) is 0 Å². The SMILES string of the molecule is Cc1ccc(-c2cn3nc(-c4cccnc4C(F)(F)F)ccc3n2)cc1NC(=O)c1cccc(Br)c1. The lowest BCUT2D eigenvalue weighted by Crippen LogP contribution is -2.12. The van der Waals surface area contributed by atoms with E-state index in [4.69, 9.17) is 0 Å². The molecular weight excluding hydrogens is 535 g/mol. The number of fused-ring (bicyclic) bond motifs is 1. The molecule has 3 heterocycles. The molecule has 5 aromatic rings. The van der Waals surface area contributed by atoms with Crippen LogP contribution in [-0.4, -0.2) is 25.5 Å².